The largest absolute Gasteiger partial charge is 0.650 e. The van der Waals surface area contributed by atoms with Crippen LogP contribution in [0.25, 0.3) is 0 Å². The Morgan fingerprint density at radius 2 is 2.22 bits per heavy atom. The zero-order valence-corrected chi connectivity index (χ0v) is 6.77. The van der Waals surface area contributed by atoms with Gasteiger partial charge in [0, 0.05) is 6.92 Å². The van der Waals surface area contributed by atoms with E-state index in [4.69, 9.17) is 12.8 Å². The zero-order valence-electron chi connectivity index (χ0n) is 5.96. The van der Waals surface area contributed by atoms with Gasteiger partial charge in [0.2, 0.25) is 0 Å². The van der Waals surface area contributed by atoms with Gasteiger partial charge in [-0.15, -0.1) is 0 Å². The van der Waals surface area contributed by atoms with Gasteiger partial charge < -0.3 is 12.8 Å². The molecule has 1 aliphatic heterocycles. The van der Waals surface area contributed by atoms with Gasteiger partial charge in [-0.25, -0.2) is 9.42 Å². The van der Waals surface area contributed by atoms with E-state index in [1.54, 1.807) is 4.41 Å². The van der Waals surface area contributed by atoms with Gasteiger partial charge in [-0.1, -0.05) is 0 Å². The Morgan fingerprint density at radius 1 is 1.67 bits per heavy atom. The van der Waals surface area contributed by atoms with Crippen LogP contribution in [0, 0.1) is 0 Å². The van der Waals surface area contributed by atoms with E-state index in [2.05, 4.69) is 4.58 Å². The van der Waals surface area contributed by atoms with Crippen LogP contribution in [-0.2, 0) is 12.8 Å². The molecule has 3 nitrogen and oxygen atoms in total. The average molecular weight is 145 g/mol. The molecule has 0 spiro atoms. The van der Waals surface area contributed by atoms with Gasteiger partial charge in [0.05, 0.1) is 14.1 Å². The molecule has 0 saturated heterocycles. The van der Waals surface area contributed by atoms with E-state index in [9.17, 15) is 0 Å². The summed E-state index contributed by atoms with van der Waals surface area (Å²) in [6.45, 7) is 2.87. The standard InChI is InChI=1S/C5H11N3S/c1-5-6(2)4-8(9)7(5)3/h4H2,1-3H3. The Kier molecular flexibility index (Phi) is 1.68. The lowest BCUT2D eigenvalue weighted by atomic mass is 10.6. The average Bonchev–Trinajstić information content (AvgIpc) is 1.98. The molecule has 0 atom stereocenters. The first-order chi connectivity index (χ1) is 4.13. The van der Waals surface area contributed by atoms with Gasteiger partial charge in [-0.05, 0) is 0 Å². The van der Waals surface area contributed by atoms with Crippen LogP contribution in [0.4, 0.5) is 0 Å². The molecule has 1 rings (SSSR count). The highest BCUT2D eigenvalue weighted by Gasteiger charge is 2.20. The zero-order chi connectivity index (χ0) is 7.02. The highest BCUT2D eigenvalue weighted by Crippen LogP contribution is 2.00. The van der Waals surface area contributed by atoms with E-state index in [0.717, 1.165) is 6.67 Å². The molecule has 0 aromatic carbocycles. The lowest BCUT2D eigenvalue weighted by molar-refractivity contribution is -0.500. The molecule has 0 aromatic heterocycles. The maximum absolute atomic E-state index is 4.98. The van der Waals surface area contributed by atoms with Gasteiger partial charge in [0.25, 0.3) is 5.84 Å². The van der Waals surface area contributed by atoms with Crippen LogP contribution >= 0.6 is 0 Å². The molecule has 0 aliphatic carbocycles. The van der Waals surface area contributed by atoms with E-state index < -0.39 is 0 Å². The van der Waals surface area contributed by atoms with Crippen molar-refractivity contribution in [1.82, 2.24) is 9.42 Å². The first-order valence-electron chi connectivity index (χ1n) is 2.86. The minimum atomic E-state index is 0.817. The van der Waals surface area contributed by atoms with Crippen LogP contribution in [0.2, 0.25) is 0 Å². The molecule has 1 heterocycles. The highest BCUT2D eigenvalue weighted by molar-refractivity contribution is 7.55. The summed E-state index contributed by atoms with van der Waals surface area (Å²) in [6.07, 6.45) is 0. The third-order valence-corrected chi connectivity index (χ3v) is 2.05. The van der Waals surface area contributed by atoms with Crippen LogP contribution in [0.3, 0.4) is 0 Å². The fourth-order valence-electron chi connectivity index (χ4n) is 0.787. The Hall–Kier alpha value is -0.220. The van der Waals surface area contributed by atoms with E-state index in [0.29, 0.717) is 0 Å². The van der Waals surface area contributed by atoms with E-state index >= 15 is 0 Å². The van der Waals surface area contributed by atoms with Crippen molar-refractivity contribution in [3.8, 4) is 0 Å². The Balaban J connectivity index is 2.74. The van der Waals surface area contributed by atoms with Gasteiger partial charge in [-0.3, -0.25) is 4.58 Å². The maximum Gasteiger partial charge on any atom is 0.261 e. The van der Waals surface area contributed by atoms with Crippen molar-refractivity contribution in [1.29, 1.82) is 0 Å². The van der Waals surface area contributed by atoms with Gasteiger partial charge in [-0.2, -0.15) is 0 Å². The number of hydrazine groups is 1. The number of hydrogen-bond acceptors (Lipinski definition) is 3. The van der Waals surface area contributed by atoms with Crippen molar-refractivity contribution >= 4 is 18.7 Å². The first kappa shape index (κ1) is 6.89. The van der Waals surface area contributed by atoms with Crippen molar-refractivity contribution in [2.75, 3.05) is 20.8 Å². The van der Waals surface area contributed by atoms with Crippen LogP contribution in [0.5, 0.6) is 0 Å². The van der Waals surface area contributed by atoms with Crippen molar-refractivity contribution in [3.05, 3.63) is 0 Å². The molecular weight excluding hydrogens is 134 g/mol. The Labute approximate surface area is 61.1 Å². The summed E-state index contributed by atoms with van der Waals surface area (Å²) in [4.78, 5) is 0. The summed E-state index contributed by atoms with van der Waals surface area (Å²) in [5.74, 6) is 1.20. The summed E-state index contributed by atoms with van der Waals surface area (Å²) in [6, 6.07) is 0. The second-order valence-electron chi connectivity index (χ2n) is 2.26. The van der Waals surface area contributed by atoms with Crippen molar-refractivity contribution < 1.29 is 4.58 Å². The number of amidine groups is 1. The minimum absolute atomic E-state index is 0.817. The van der Waals surface area contributed by atoms with E-state index in [1.165, 1.54) is 5.84 Å². The molecule has 0 fully saturated rings. The predicted octanol–water partition coefficient (Wildman–Crippen LogP) is -0.371. The predicted molar refractivity (Wildman–Crippen MR) is 38.7 cm³/mol. The van der Waals surface area contributed by atoms with Gasteiger partial charge in [0.15, 0.2) is 6.67 Å². The van der Waals surface area contributed by atoms with Gasteiger partial charge >= 0.3 is 0 Å². The molecule has 0 unspecified atom stereocenters. The topological polar surface area (TPSA) is 9.49 Å². The maximum atomic E-state index is 4.98. The molecule has 9 heavy (non-hydrogen) atoms. The molecule has 0 saturated carbocycles. The lowest BCUT2D eigenvalue weighted by Crippen LogP contribution is -2.32. The smallest absolute Gasteiger partial charge is 0.261 e. The normalized spacial score (nSPS) is 22.0. The van der Waals surface area contributed by atoms with E-state index in [-0.39, 0.29) is 0 Å². The fraction of sp³-hybridized carbons (Fsp3) is 0.800. The van der Waals surface area contributed by atoms with E-state index in [1.807, 2.05) is 26.0 Å². The lowest BCUT2D eigenvalue weighted by Gasteiger charge is -2.22. The summed E-state index contributed by atoms with van der Waals surface area (Å²) in [5, 5.41) is 1.95. The second kappa shape index (κ2) is 2.19. The van der Waals surface area contributed by atoms with Crippen molar-refractivity contribution in [2.45, 2.75) is 6.92 Å². The molecule has 0 N–H and O–H groups in total. The van der Waals surface area contributed by atoms with Crippen LogP contribution in [0.1, 0.15) is 6.92 Å². The molecule has 0 amide bonds. The molecule has 1 aliphatic rings. The monoisotopic (exact) mass is 145 g/mol. The van der Waals surface area contributed by atoms with Crippen molar-refractivity contribution in [2.24, 2.45) is 0 Å². The Morgan fingerprint density at radius 3 is 2.33 bits per heavy atom. The first-order valence-corrected chi connectivity index (χ1v) is 3.22. The van der Waals surface area contributed by atoms with Crippen molar-refractivity contribution in [3.63, 3.8) is 0 Å². The van der Waals surface area contributed by atoms with Gasteiger partial charge in [0.1, 0.15) is 0 Å². The third-order valence-electron chi connectivity index (χ3n) is 1.69. The molecule has 0 bridgehead atoms. The summed E-state index contributed by atoms with van der Waals surface area (Å²) in [7, 11) is 3.99. The molecule has 52 valence electrons. The molecule has 4 heteroatoms. The molecule has 0 radical (unpaired) electrons. The van der Waals surface area contributed by atoms with Crippen LogP contribution in [0.15, 0.2) is 0 Å². The molecule has 0 aromatic rings. The third kappa shape index (κ3) is 1.04. The molecular formula is C5H11N3S. The summed E-state index contributed by atoms with van der Waals surface area (Å²) >= 11 is 4.98. The summed E-state index contributed by atoms with van der Waals surface area (Å²) in [5.41, 5.74) is 0. The minimum Gasteiger partial charge on any atom is -0.650 e. The quantitative estimate of drug-likeness (QED) is 0.340. The SMILES string of the molecule is CC1=[N+](C)CN([S-])N1C. The highest BCUT2D eigenvalue weighted by atomic mass is 32.1. The van der Waals surface area contributed by atoms with Crippen LogP contribution in [-0.4, -0.2) is 40.6 Å². The number of rotatable bonds is 0. The fourth-order valence-corrected chi connectivity index (χ4v) is 1.08. The summed E-state index contributed by atoms with van der Waals surface area (Å²) < 4.78 is 3.85. The van der Waals surface area contributed by atoms with Crippen LogP contribution < -0.4 is 0 Å². The number of nitrogens with zero attached hydrogens (tertiary/aromatic N) is 3. The Bertz CT molecular complexity index is 154. The number of hydrogen-bond donors (Lipinski definition) is 0. The second-order valence-corrected chi connectivity index (χ2v) is 2.68.